The van der Waals surface area contributed by atoms with Crippen molar-refractivity contribution in [3.63, 3.8) is 0 Å². The lowest BCUT2D eigenvalue weighted by atomic mass is 10.0. The van der Waals surface area contributed by atoms with Crippen molar-refractivity contribution in [2.24, 2.45) is 0 Å². The van der Waals surface area contributed by atoms with E-state index in [0.29, 0.717) is 23.3 Å². The molecule has 13 heteroatoms. The molecule has 2 fully saturated rings. The third-order valence-electron chi connectivity index (χ3n) is 11.0. The second-order valence-corrected chi connectivity index (χ2v) is 19.3. The van der Waals surface area contributed by atoms with Crippen molar-refractivity contribution in [1.82, 2.24) is 4.90 Å². The summed E-state index contributed by atoms with van der Waals surface area (Å²) >= 11 is 0. The Kier molecular flexibility index (Phi) is 14.4. The summed E-state index contributed by atoms with van der Waals surface area (Å²) in [7, 11) is -2.24. The van der Waals surface area contributed by atoms with Crippen LogP contribution >= 0.6 is 0 Å². The highest BCUT2D eigenvalue weighted by atomic mass is 28.4. The molecule has 12 nitrogen and oxygen atoms in total. The first-order valence-corrected chi connectivity index (χ1v) is 22.7. The van der Waals surface area contributed by atoms with E-state index in [1.165, 1.54) is 0 Å². The van der Waals surface area contributed by atoms with Gasteiger partial charge in [-0.25, -0.2) is 14.4 Å². The Bertz CT molecular complexity index is 1990. The Hall–Kier alpha value is -4.69. The molecule has 0 aliphatic carbocycles. The maximum atomic E-state index is 13.8. The van der Waals surface area contributed by atoms with Crippen molar-refractivity contribution in [3.05, 3.63) is 105 Å². The van der Waals surface area contributed by atoms with Gasteiger partial charge in [-0.3, -0.25) is 0 Å². The summed E-state index contributed by atoms with van der Waals surface area (Å²) < 4.78 is 50.0. The van der Waals surface area contributed by atoms with E-state index in [9.17, 15) is 14.4 Å². The highest BCUT2D eigenvalue weighted by molar-refractivity contribution is 6.73. The zero-order chi connectivity index (χ0) is 40.4. The smallest absolute Gasteiger partial charge is 0.410 e. The van der Waals surface area contributed by atoms with Gasteiger partial charge in [0.2, 0.25) is 0 Å². The number of aryl methyl sites for hydroxylation is 1. The first-order chi connectivity index (χ1) is 27.7. The SMILES string of the molecule is CCOC(=O)c1c(OCc2ccccc2)c2ccc(O[C@H]3CN(C(=O)OCc4ccccc4)C[C@H](O[Si](CC)(CC)CC)[C@@H]3OC3CCCCO3)c(C)c2oc1=O. The van der Waals surface area contributed by atoms with E-state index in [1.54, 1.807) is 30.9 Å². The molecule has 0 saturated carbocycles. The number of likely N-dealkylation sites (tertiary alicyclic amines) is 1. The number of carbonyl (C=O) groups excluding carboxylic acids is 2. The van der Waals surface area contributed by atoms with Crippen molar-refractivity contribution in [2.75, 3.05) is 26.3 Å². The van der Waals surface area contributed by atoms with Gasteiger partial charge in [0.1, 0.15) is 36.8 Å². The molecule has 0 N–H and O–H groups in total. The van der Waals surface area contributed by atoms with Gasteiger partial charge in [-0.1, -0.05) is 81.4 Å². The Morgan fingerprint density at radius 3 is 2.12 bits per heavy atom. The predicted octanol–water partition coefficient (Wildman–Crippen LogP) is 8.56. The Morgan fingerprint density at radius 2 is 1.49 bits per heavy atom. The fourth-order valence-corrected chi connectivity index (χ4v) is 10.4. The fraction of sp³-hybridized carbons (Fsp3) is 0.477. The van der Waals surface area contributed by atoms with Crippen LogP contribution in [0.2, 0.25) is 18.1 Å². The van der Waals surface area contributed by atoms with Gasteiger partial charge in [-0.05, 0) is 74.5 Å². The third kappa shape index (κ3) is 10.1. The van der Waals surface area contributed by atoms with Crippen molar-refractivity contribution < 1.29 is 46.9 Å². The maximum absolute atomic E-state index is 13.8. The summed E-state index contributed by atoms with van der Waals surface area (Å²) in [6.07, 6.45) is -0.168. The van der Waals surface area contributed by atoms with Crippen LogP contribution in [0.4, 0.5) is 4.79 Å². The van der Waals surface area contributed by atoms with Crippen LogP contribution in [-0.2, 0) is 36.6 Å². The lowest BCUT2D eigenvalue weighted by molar-refractivity contribution is -0.232. The van der Waals surface area contributed by atoms with E-state index in [1.807, 2.05) is 60.7 Å². The lowest BCUT2D eigenvalue weighted by Gasteiger charge is -2.46. The minimum absolute atomic E-state index is 0.0623. The van der Waals surface area contributed by atoms with Gasteiger partial charge >= 0.3 is 17.7 Å². The summed E-state index contributed by atoms with van der Waals surface area (Å²) in [6.45, 7) is 11.2. The summed E-state index contributed by atoms with van der Waals surface area (Å²) in [6, 6.07) is 25.1. The molecule has 4 aromatic rings. The highest BCUT2D eigenvalue weighted by Gasteiger charge is 2.47. The topological polar surface area (TPSA) is 132 Å². The lowest BCUT2D eigenvalue weighted by Crippen LogP contribution is -2.63. The summed E-state index contributed by atoms with van der Waals surface area (Å²) in [4.78, 5) is 42.1. The number of hydrogen-bond acceptors (Lipinski definition) is 11. The minimum Gasteiger partial charge on any atom is -0.487 e. The van der Waals surface area contributed by atoms with Crippen LogP contribution in [0.1, 0.15) is 74.0 Å². The molecular weight excluding hydrogens is 747 g/mol. The molecular formula is C44H55NO11Si. The first kappa shape index (κ1) is 41.9. The van der Waals surface area contributed by atoms with Gasteiger partial charge in [0.15, 0.2) is 25.9 Å². The molecule has 0 bridgehead atoms. The molecule has 2 saturated heterocycles. The number of hydrogen-bond donors (Lipinski definition) is 0. The second kappa shape index (κ2) is 19.6. The van der Waals surface area contributed by atoms with E-state index in [2.05, 4.69) is 20.8 Å². The van der Waals surface area contributed by atoms with Crippen molar-refractivity contribution >= 4 is 31.3 Å². The quantitative estimate of drug-likeness (QED) is 0.0613. The van der Waals surface area contributed by atoms with E-state index in [0.717, 1.165) is 48.5 Å². The van der Waals surface area contributed by atoms with Crippen molar-refractivity contribution in [1.29, 1.82) is 0 Å². The molecule has 1 amide bonds. The van der Waals surface area contributed by atoms with Gasteiger partial charge in [0.25, 0.3) is 0 Å². The Morgan fingerprint density at radius 1 is 0.825 bits per heavy atom. The van der Waals surface area contributed by atoms with Crippen LogP contribution in [0.15, 0.2) is 82.0 Å². The second-order valence-electron chi connectivity index (χ2n) is 14.6. The average molecular weight is 802 g/mol. The van der Waals surface area contributed by atoms with Crippen LogP contribution in [0.3, 0.4) is 0 Å². The number of nitrogens with zero attached hydrogens (tertiary/aromatic N) is 1. The standard InChI is InChI=1S/C44H55NO11Si/c1-6-49-42(46)38-40(51-28-31-18-12-10-13-19-31)33-23-24-34(30(5)39(33)55-43(38)47)53-35-26-45(44(48)52-29-32-20-14-11-15-21-32)27-36(56-57(7-2,8-3)9-4)41(35)54-37-22-16-17-25-50-37/h10-15,18-21,23-24,35-37,41H,6-9,16-17,22,25-29H2,1-5H3/t35-,36-,37?,41+/m0/s1. The van der Waals surface area contributed by atoms with E-state index in [4.69, 9.17) is 37.3 Å². The molecule has 0 radical (unpaired) electrons. The van der Waals surface area contributed by atoms with Crippen LogP contribution in [0, 0.1) is 6.92 Å². The summed E-state index contributed by atoms with van der Waals surface area (Å²) in [5.41, 5.74) is 1.21. The minimum atomic E-state index is -2.24. The number of benzene rings is 3. The van der Waals surface area contributed by atoms with Gasteiger partial charge in [-0.15, -0.1) is 0 Å². The monoisotopic (exact) mass is 801 g/mol. The average Bonchev–Trinajstić information content (AvgIpc) is 3.24. The molecule has 1 aromatic heterocycles. The number of piperidine rings is 1. The first-order valence-electron chi connectivity index (χ1n) is 20.2. The summed E-state index contributed by atoms with van der Waals surface area (Å²) in [5, 5.41) is 0.405. The molecule has 6 rings (SSSR count). The van der Waals surface area contributed by atoms with Gasteiger partial charge in [0, 0.05) is 12.2 Å². The van der Waals surface area contributed by atoms with Crippen LogP contribution in [-0.4, -0.2) is 76.2 Å². The van der Waals surface area contributed by atoms with E-state index in [-0.39, 0.29) is 49.8 Å². The molecule has 57 heavy (non-hydrogen) atoms. The molecule has 306 valence electrons. The number of carbonyl (C=O) groups is 2. The molecule has 3 aromatic carbocycles. The molecule has 4 atom stereocenters. The zero-order valence-electron chi connectivity index (χ0n) is 33.7. The van der Waals surface area contributed by atoms with Gasteiger partial charge in [-0.2, -0.15) is 0 Å². The van der Waals surface area contributed by atoms with Crippen molar-refractivity contribution in [3.8, 4) is 11.5 Å². The Labute approximate surface area is 335 Å². The number of esters is 1. The van der Waals surface area contributed by atoms with Gasteiger partial charge < -0.3 is 42.2 Å². The molecule has 0 spiro atoms. The third-order valence-corrected chi connectivity index (χ3v) is 15.7. The largest absolute Gasteiger partial charge is 0.487 e. The van der Waals surface area contributed by atoms with E-state index < -0.39 is 50.6 Å². The number of ether oxygens (including phenoxy) is 6. The fourth-order valence-electron chi connectivity index (χ4n) is 7.52. The van der Waals surface area contributed by atoms with Crippen LogP contribution in [0.5, 0.6) is 11.5 Å². The van der Waals surface area contributed by atoms with Gasteiger partial charge in [0.05, 0.1) is 31.2 Å². The highest BCUT2D eigenvalue weighted by Crippen LogP contribution is 2.37. The zero-order valence-corrected chi connectivity index (χ0v) is 34.7. The number of rotatable bonds is 16. The van der Waals surface area contributed by atoms with E-state index >= 15 is 0 Å². The number of amides is 1. The van der Waals surface area contributed by atoms with Crippen LogP contribution in [0.25, 0.3) is 11.0 Å². The van der Waals surface area contributed by atoms with Crippen molar-refractivity contribution in [2.45, 2.75) is 110 Å². The molecule has 2 aliphatic heterocycles. The molecule has 1 unspecified atom stereocenters. The number of fused-ring (bicyclic) bond motifs is 1. The Balaban J connectivity index is 1.38. The normalized spacial score (nSPS) is 19.9. The molecule has 2 aliphatic rings. The summed E-state index contributed by atoms with van der Waals surface area (Å²) in [5.74, 6) is -0.375. The maximum Gasteiger partial charge on any atom is 0.410 e. The predicted molar refractivity (Wildman–Crippen MR) is 217 cm³/mol. The molecule has 3 heterocycles. The van der Waals surface area contributed by atoms with Crippen LogP contribution < -0.4 is 15.1 Å².